The van der Waals surface area contributed by atoms with Crippen molar-refractivity contribution in [2.75, 3.05) is 5.75 Å². The lowest BCUT2D eigenvalue weighted by molar-refractivity contribution is 0.102. The minimum absolute atomic E-state index is 0.0307. The number of thioether (sulfide) groups is 1. The highest BCUT2D eigenvalue weighted by Crippen LogP contribution is 2.17. The van der Waals surface area contributed by atoms with Crippen LogP contribution in [0.5, 0.6) is 0 Å². The van der Waals surface area contributed by atoms with Gasteiger partial charge in [0.15, 0.2) is 5.78 Å². The van der Waals surface area contributed by atoms with Crippen LogP contribution in [0.2, 0.25) is 5.02 Å². The summed E-state index contributed by atoms with van der Waals surface area (Å²) in [6.45, 7) is 0. The predicted molar refractivity (Wildman–Crippen MR) is 68.5 cm³/mol. The van der Waals surface area contributed by atoms with E-state index in [4.69, 9.17) is 11.6 Å². The molecule has 3 nitrogen and oxygen atoms in total. The quantitative estimate of drug-likeness (QED) is 0.629. The highest BCUT2D eigenvalue weighted by Gasteiger charge is 2.07. The molecule has 0 amide bonds. The fraction of sp³-hybridized carbons (Fsp3) is 0.0833. The van der Waals surface area contributed by atoms with Gasteiger partial charge >= 0.3 is 0 Å². The van der Waals surface area contributed by atoms with E-state index < -0.39 is 0 Å². The van der Waals surface area contributed by atoms with Gasteiger partial charge in [-0.05, 0) is 12.1 Å². The van der Waals surface area contributed by atoms with Gasteiger partial charge in [-0.3, -0.25) is 9.78 Å². The van der Waals surface area contributed by atoms with Crippen LogP contribution in [0.1, 0.15) is 10.4 Å². The number of aromatic nitrogens is 2. The second-order valence-electron chi connectivity index (χ2n) is 3.27. The average Bonchev–Trinajstić information content (AvgIpc) is 2.37. The Morgan fingerprint density at radius 1 is 1.35 bits per heavy atom. The molecule has 1 heterocycles. The number of rotatable bonds is 4. The summed E-state index contributed by atoms with van der Waals surface area (Å²) >= 11 is 7.19. The number of halogens is 1. The van der Waals surface area contributed by atoms with Crippen molar-refractivity contribution >= 4 is 29.1 Å². The maximum absolute atomic E-state index is 11.8. The van der Waals surface area contributed by atoms with Gasteiger partial charge < -0.3 is 0 Å². The first-order valence-electron chi connectivity index (χ1n) is 4.93. The van der Waals surface area contributed by atoms with Crippen molar-refractivity contribution in [1.82, 2.24) is 9.97 Å². The molecule has 86 valence electrons. The van der Waals surface area contributed by atoms with Gasteiger partial charge in [-0.25, -0.2) is 4.98 Å². The summed E-state index contributed by atoms with van der Waals surface area (Å²) in [5, 5.41) is 1.31. The van der Waals surface area contributed by atoms with Crippen molar-refractivity contribution in [2.24, 2.45) is 0 Å². The van der Waals surface area contributed by atoms with Crippen LogP contribution in [0, 0.1) is 0 Å². The third kappa shape index (κ3) is 3.54. The van der Waals surface area contributed by atoms with E-state index in [0.29, 0.717) is 16.3 Å². The summed E-state index contributed by atoms with van der Waals surface area (Å²) < 4.78 is 0. The zero-order valence-corrected chi connectivity index (χ0v) is 10.4. The molecule has 0 bridgehead atoms. The second kappa shape index (κ2) is 5.80. The number of nitrogens with zero attached hydrogens (tertiary/aromatic N) is 2. The molecule has 2 rings (SSSR count). The van der Waals surface area contributed by atoms with Crippen molar-refractivity contribution in [2.45, 2.75) is 5.03 Å². The molecule has 17 heavy (non-hydrogen) atoms. The molecule has 0 aliphatic carbocycles. The minimum Gasteiger partial charge on any atom is -0.293 e. The van der Waals surface area contributed by atoms with Crippen molar-refractivity contribution in [3.63, 3.8) is 0 Å². The van der Waals surface area contributed by atoms with Crippen molar-refractivity contribution in [3.05, 3.63) is 53.4 Å². The van der Waals surface area contributed by atoms with Gasteiger partial charge in [0.2, 0.25) is 0 Å². The highest BCUT2D eigenvalue weighted by molar-refractivity contribution is 7.99. The monoisotopic (exact) mass is 264 g/mol. The second-order valence-corrected chi connectivity index (χ2v) is 4.70. The van der Waals surface area contributed by atoms with Crippen LogP contribution in [-0.4, -0.2) is 21.5 Å². The largest absolute Gasteiger partial charge is 0.293 e. The van der Waals surface area contributed by atoms with Crippen molar-refractivity contribution in [1.29, 1.82) is 0 Å². The summed E-state index contributed by atoms with van der Waals surface area (Å²) in [5.74, 6) is 0.363. The van der Waals surface area contributed by atoms with E-state index in [1.54, 1.807) is 42.9 Å². The van der Waals surface area contributed by atoms with E-state index in [9.17, 15) is 4.79 Å². The maximum atomic E-state index is 11.8. The Morgan fingerprint density at radius 3 is 2.94 bits per heavy atom. The van der Waals surface area contributed by atoms with Gasteiger partial charge in [0, 0.05) is 23.0 Å². The van der Waals surface area contributed by atoms with E-state index in [-0.39, 0.29) is 5.78 Å². The van der Waals surface area contributed by atoms with Crippen LogP contribution >= 0.6 is 23.4 Å². The standard InChI is InChI=1S/C12H9ClN2OS/c13-10-3-1-2-9(6-10)11(16)8-17-12-7-14-4-5-15-12/h1-7H,8H2. The summed E-state index contributed by atoms with van der Waals surface area (Å²) in [6, 6.07) is 6.93. The number of benzene rings is 1. The first-order chi connectivity index (χ1) is 8.25. The molecule has 1 aromatic carbocycles. The lowest BCUT2D eigenvalue weighted by Crippen LogP contribution is -2.02. The summed E-state index contributed by atoms with van der Waals surface area (Å²) in [7, 11) is 0. The van der Waals surface area contributed by atoms with Gasteiger partial charge in [0.25, 0.3) is 0 Å². The number of carbonyl (C=O) groups is 1. The van der Waals surface area contributed by atoms with E-state index >= 15 is 0 Å². The molecule has 0 aliphatic heterocycles. The molecule has 0 unspecified atom stereocenters. The average molecular weight is 265 g/mol. The molecule has 2 aromatic rings. The van der Waals surface area contributed by atoms with E-state index in [2.05, 4.69) is 9.97 Å². The third-order valence-corrected chi connectivity index (χ3v) is 3.19. The van der Waals surface area contributed by atoms with Crippen LogP contribution in [0.15, 0.2) is 47.9 Å². The van der Waals surface area contributed by atoms with Crippen LogP contribution < -0.4 is 0 Å². The Hall–Kier alpha value is -1.39. The Bertz CT molecular complexity index is 519. The van der Waals surface area contributed by atoms with E-state index in [1.807, 2.05) is 0 Å². The molecule has 0 N–H and O–H groups in total. The van der Waals surface area contributed by atoms with Crippen molar-refractivity contribution < 1.29 is 4.79 Å². The summed E-state index contributed by atoms with van der Waals surface area (Å²) in [6.07, 6.45) is 4.84. The number of hydrogen-bond acceptors (Lipinski definition) is 4. The number of ketones is 1. The lowest BCUT2D eigenvalue weighted by atomic mass is 10.1. The molecule has 0 atom stereocenters. The first kappa shape index (κ1) is 12.1. The van der Waals surface area contributed by atoms with Gasteiger partial charge in [-0.1, -0.05) is 35.5 Å². The van der Waals surface area contributed by atoms with Gasteiger partial charge in [0.05, 0.1) is 11.9 Å². The molecule has 0 aliphatic rings. The highest BCUT2D eigenvalue weighted by atomic mass is 35.5. The predicted octanol–water partition coefficient (Wildman–Crippen LogP) is 3.11. The van der Waals surface area contributed by atoms with Crippen LogP contribution in [-0.2, 0) is 0 Å². The number of hydrogen-bond donors (Lipinski definition) is 0. The summed E-state index contributed by atoms with van der Waals surface area (Å²) in [4.78, 5) is 19.9. The topological polar surface area (TPSA) is 42.9 Å². The molecule has 5 heteroatoms. The van der Waals surface area contributed by atoms with Crippen molar-refractivity contribution in [3.8, 4) is 0 Å². The van der Waals surface area contributed by atoms with Gasteiger partial charge in [-0.15, -0.1) is 0 Å². The maximum Gasteiger partial charge on any atom is 0.173 e. The smallest absolute Gasteiger partial charge is 0.173 e. The molecule has 0 saturated carbocycles. The SMILES string of the molecule is O=C(CSc1cnccn1)c1cccc(Cl)c1. The van der Waals surface area contributed by atoms with Gasteiger partial charge in [0.1, 0.15) is 5.03 Å². The lowest BCUT2D eigenvalue weighted by Gasteiger charge is -2.01. The Kier molecular flexibility index (Phi) is 4.12. The fourth-order valence-corrected chi connectivity index (χ4v) is 2.15. The van der Waals surface area contributed by atoms with E-state index in [1.165, 1.54) is 11.8 Å². The first-order valence-corrected chi connectivity index (χ1v) is 6.29. The van der Waals surface area contributed by atoms with Gasteiger partial charge in [-0.2, -0.15) is 0 Å². The Labute approximate surface area is 108 Å². The molecular formula is C12H9ClN2OS. The Morgan fingerprint density at radius 2 is 2.24 bits per heavy atom. The summed E-state index contributed by atoms with van der Waals surface area (Å²) in [5.41, 5.74) is 0.619. The van der Waals surface area contributed by atoms with E-state index in [0.717, 1.165) is 5.03 Å². The molecule has 0 fully saturated rings. The number of carbonyl (C=O) groups excluding carboxylic acids is 1. The zero-order valence-electron chi connectivity index (χ0n) is 8.84. The van der Waals surface area contributed by atoms with Crippen LogP contribution in [0.25, 0.3) is 0 Å². The van der Waals surface area contributed by atoms with Crippen LogP contribution in [0.4, 0.5) is 0 Å². The molecular weight excluding hydrogens is 256 g/mol. The van der Waals surface area contributed by atoms with Crippen LogP contribution in [0.3, 0.4) is 0 Å². The minimum atomic E-state index is 0.0307. The fourth-order valence-electron chi connectivity index (χ4n) is 1.24. The molecule has 0 saturated heterocycles. The third-order valence-electron chi connectivity index (χ3n) is 2.04. The molecule has 1 aromatic heterocycles. The zero-order chi connectivity index (χ0) is 12.1. The number of Topliss-reactive ketones (excluding diaryl/α,β-unsaturated/α-hetero) is 1. The molecule has 0 spiro atoms. The Balaban J connectivity index is 1.98. The normalized spacial score (nSPS) is 10.2. The molecule has 0 radical (unpaired) electrons.